The summed E-state index contributed by atoms with van der Waals surface area (Å²) in [5.74, 6) is -3.29. The van der Waals surface area contributed by atoms with E-state index in [2.05, 4.69) is 4.74 Å². The van der Waals surface area contributed by atoms with Gasteiger partial charge in [0.1, 0.15) is 0 Å². The van der Waals surface area contributed by atoms with E-state index in [1.165, 1.54) is 7.11 Å². The Morgan fingerprint density at radius 3 is 2.08 bits per heavy atom. The standard InChI is InChI=1S/C9H14F2O2/c1-6(2)8(7(12)13-3)4-9(10,11)5-8/h6H,4-5H2,1-3H3. The summed E-state index contributed by atoms with van der Waals surface area (Å²) < 4.78 is 29.9. The van der Waals surface area contributed by atoms with Crippen LogP contribution in [0.15, 0.2) is 0 Å². The largest absolute Gasteiger partial charge is 0.469 e. The van der Waals surface area contributed by atoms with Crippen molar-refractivity contribution in [2.45, 2.75) is 32.6 Å². The Morgan fingerprint density at radius 1 is 1.38 bits per heavy atom. The van der Waals surface area contributed by atoms with Crippen molar-refractivity contribution in [3.05, 3.63) is 0 Å². The summed E-state index contributed by atoms with van der Waals surface area (Å²) in [5, 5.41) is 0. The highest BCUT2D eigenvalue weighted by atomic mass is 19.3. The molecule has 0 aromatic heterocycles. The Balaban J connectivity index is 2.77. The number of esters is 1. The molecule has 0 aromatic carbocycles. The van der Waals surface area contributed by atoms with Gasteiger partial charge in [0.15, 0.2) is 0 Å². The second kappa shape index (κ2) is 2.93. The van der Waals surface area contributed by atoms with Crippen molar-refractivity contribution in [3.63, 3.8) is 0 Å². The van der Waals surface area contributed by atoms with E-state index in [9.17, 15) is 13.6 Å². The molecule has 0 radical (unpaired) electrons. The Morgan fingerprint density at radius 2 is 1.85 bits per heavy atom. The zero-order valence-corrected chi connectivity index (χ0v) is 8.06. The molecule has 0 amide bonds. The van der Waals surface area contributed by atoms with Gasteiger partial charge in [-0.05, 0) is 5.92 Å². The van der Waals surface area contributed by atoms with Gasteiger partial charge in [0.25, 0.3) is 0 Å². The molecule has 1 saturated carbocycles. The quantitative estimate of drug-likeness (QED) is 0.627. The van der Waals surface area contributed by atoms with Crippen molar-refractivity contribution in [1.82, 2.24) is 0 Å². The van der Waals surface area contributed by atoms with Gasteiger partial charge in [0.2, 0.25) is 5.92 Å². The Kier molecular flexibility index (Phi) is 2.34. The minimum absolute atomic E-state index is 0.0976. The van der Waals surface area contributed by atoms with Crippen LogP contribution in [-0.2, 0) is 9.53 Å². The van der Waals surface area contributed by atoms with E-state index in [-0.39, 0.29) is 18.8 Å². The van der Waals surface area contributed by atoms with Gasteiger partial charge < -0.3 is 4.74 Å². The molecule has 4 heteroatoms. The van der Waals surface area contributed by atoms with Crippen LogP contribution in [0.4, 0.5) is 8.78 Å². The van der Waals surface area contributed by atoms with Crippen LogP contribution in [0.1, 0.15) is 26.7 Å². The van der Waals surface area contributed by atoms with Crippen LogP contribution in [0.5, 0.6) is 0 Å². The lowest BCUT2D eigenvalue weighted by molar-refractivity contribution is -0.206. The van der Waals surface area contributed by atoms with Crippen LogP contribution in [0.2, 0.25) is 0 Å². The monoisotopic (exact) mass is 192 g/mol. The van der Waals surface area contributed by atoms with Gasteiger partial charge in [-0.3, -0.25) is 4.79 Å². The lowest BCUT2D eigenvalue weighted by Crippen LogP contribution is -2.54. The zero-order chi connectivity index (χ0) is 10.3. The summed E-state index contributed by atoms with van der Waals surface area (Å²) in [6.45, 7) is 3.54. The van der Waals surface area contributed by atoms with E-state index in [1.807, 2.05) is 0 Å². The highest BCUT2D eigenvalue weighted by Gasteiger charge is 2.62. The first kappa shape index (κ1) is 10.4. The number of ether oxygens (including phenoxy) is 1. The lowest BCUT2D eigenvalue weighted by atomic mass is 9.60. The summed E-state index contributed by atoms with van der Waals surface area (Å²) >= 11 is 0. The minimum Gasteiger partial charge on any atom is -0.469 e. The van der Waals surface area contributed by atoms with Gasteiger partial charge in [-0.1, -0.05) is 13.8 Å². The first-order chi connectivity index (χ1) is 5.84. The number of carbonyl (C=O) groups is 1. The average molecular weight is 192 g/mol. The van der Waals surface area contributed by atoms with Gasteiger partial charge in [0.05, 0.1) is 12.5 Å². The third kappa shape index (κ3) is 1.54. The minimum atomic E-state index is -2.68. The normalized spacial score (nSPS) is 23.8. The van der Waals surface area contributed by atoms with Crippen LogP contribution in [0, 0.1) is 11.3 Å². The average Bonchev–Trinajstić information content (AvgIpc) is 1.97. The fourth-order valence-electron chi connectivity index (χ4n) is 1.86. The first-order valence-corrected chi connectivity index (χ1v) is 4.30. The summed E-state index contributed by atoms with van der Waals surface area (Å²) in [6.07, 6.45) is -0.741. The number of carbonyl (C=O) groups excluding carboxylic acids is 1. The maximum Gasteiger partial charge on any atom is 0.312 e. The highest BCUT2D eigenvalue weighted by Crippen LogP contribution is 2.56. The highest BCUT2D eigenvalue weighted by molar-refractivity contribution is 5.78. The molecule has 0 heterocycles. The van der Waals surface area contributed by atoms with Crippen LogP contribution in [0.3, 0.4) is 0 Å². The van der Waals surface area contributed by atoms with Gasteiger partial charge in [-0.2, -0.15) is 0 Å². The molecule has 2 nitrogen and oxygen atoms in total. The molecule has 0 N–H and O–H groups in total. The number of hydrogen-bond donors (Lipinski definition) is 0. The molecule has 0 aromatic rings. The Labute approximate surface area is 76.3 Å². The summed E-state index contributed by atoms with van der Waals surface area (Å²) in [5.41, 5.74) is -0.946. The van der Waals surface area contributed by atoms with Gasteiger partial charge in [-0.25, -0.2) is 8.78 Å². The van der Waals surface area contributed by atoms with Crippen LogP contribution >= 0.6 is 0 Å². The molecule has 0 atom stereocenters. The number of hydrogen-bond acceptors (Lipinski definition) is 2. The van der Waals surface area contributed by atoms with Crippen molar-refractivity contribution in [3.8, 4) is 0 Å². The molecular weight excluding hydrogens is 178 g/mol. The van der Waals surface area contributed by atoms with E-state index >= 15 is 0 Å². The van der Waals surface area contributed by atoms with E-state index < -0.39 is 17.3 Å². The van der Waals surface area contributed by atoms with Gasteiger partial charge in [0, 0.05) is 12.8 Å². The van der Waals surface area contributed by atoms with E-state index in [4.69, 9.17) is 0 Å². The number of rotatable bonds is 2. The smallest absolute Gasteiger partial charge is 0.312 e. The SMILES string of the molecule is COC(=O)C1(C(C)C)CC(F)(F)C1. The number of alkyl halides is 2. The lowest BCUT2D eigenvalue weighted by Gasteiger charge is -2.47. The van der Waals surface area contributed by atoms with E-state index in [0.29, 0.717) is 0 Å². The third-order valence-electron chi connectivity index (χ3n) is 2.85. The molecule has 1 rings (SSSR count). The Bertz CT molecular complexity index is 216. The zero-order valence-electron chi connectivity index (χ0n) is 8.06. The molecule has 13 heavy (non-hydrogen) atoms. The maximum absolute atomic E-state index is 12.7. The van der Waals surface area contributed by atoms with E-state index in [0.717, 1.165) is 0 Å². The van der Waals surface area contributed by atoms with Crippen LogP contribution in [-0.4, -0.2) is 19.0 Å². The second-order valence-electron chi connectivity index (χ2n) is 4.01. The van der Waals surface area contributed by atoms with Gasteiger partial charge in [-0.15, -0.1) is 0 Å². The topological polar surface area (TPSA) is 26.3 Å². The predicted molar refractivity (Wildman–Crippen MR) is 43.5 cm³/mol. The Hall–Kier alpha value is -0.670. The summed E-state index contributed by atoms with van der Waals surface area (Å²) in [7, 11) is 1.24. The number of methoxy groups -OCH3 is 1. The molecule has 0 unspecified atom stereocenters. The summed E-state index contributed by atoms with van der Waals surface area (Å²) in [6, 6.07) is 0. The van der Waals surface area contributed by atoms with Crippen molar-refractivity contribution >= 4 is 5.97 Å². The third-order valence-corrected chi connectivity index (χ3v) is 2.85. The van der Waals surface area contributed by atoms with E-state index in [1.54, 1.807) is 13.8 Å². The molecule has 0 spiro atoms. The second-order valence-corrected chi connectivity index (χ2v) is 4.01. The molecule has 76 valence electrons. The van der Waals surface area contributed by atoms with Crippen molar-refractivity contribution in [2.75, 3.05) is 7.11 Å². The molecule has 0 bridgehead atoms. The molecular formula is C9H14F2O2. The molecule has 1 aliphatic carbocycles. The fourth-order valence-corrected chi connectivity index (χ4v) is 1.86. The maximum atomic E-state index is 12.7. The molecule has 0 aliphatic heterocycles. The molecule has 1 fully saturated rings. The fraction of sp³-hybridized carbons (Fsp3) is 0.889. The molecule has 1 aliphatic rings. The number of halogens is 2. The molecule has 0 saturated heterocycles. The predicted octanol–water partition coefficient (Wildman–Crippen LogP) is 2.23. The van der Waals surface area contributed by atoms with Crippen LogP contribution < -0.4 is 0 Å². The van der Waals surface area contributed by atoms with Crippen molar-refractivity contribution in [2.24, 2.45) is 11.3 Å². The van der Waals surface area contributed by atoms with Gasteiger partial charge >= 0.3 is 5.97 Å². The van der Waals surface area contributed by atoms with Crippen LogP contribution in [0.25, 0.3) is 0 Å². The van der Waals surface area contributed by atoms with Crippen molar-refractivity contribution < 1.29 is 18.3 Å². The van der Waals surface area contributed by atoms with Crippen molar-refractivity contribution in [1.29, 1.82) is 0 Å². The summed E-state index contributed by atoms with van der Waals surface area (Å²) in [4.78, 5) is 11.3. The first-order valence-electron chi connectivity index (χ1n) is 4.30.